The largest absolute Gasteiger partial charge is 0.379 e. The van der Waals surface area contributed by atoms with Gasteiger partial charge >= 0.3 is 0 Å². The topological polar surface area (TPSA) is 96.2 Å². The van der Waals surface area contributed by atoms with Crippen LogP contribution in [0.15, 0.2) is 24.3 Å². The second-order valence-electron chi connectivity index (χ2n) is 10.4. The number of nitrogens with zero attached hydrogens (tertiary/aromatic N) is 4. The first kappa shape index (κ1) is 26.5. The van der Waals surface area contributed by atoms with Crippen molar-refractivity contribution in [2.45, 2.75) is 76.3 Å². The zero-order valence-corrected chi connectivity index (χ0v) is 21.3. The Balaban J connectivity index is 1.51. The molecule has 1 saturated heterocycles. The second kappa shape index (κ2) is 13.1. The average Bonchev–Trinajstić information content (AvgIpc) is 2.92. The Morgan fingerprint density at radius 3 is 2.00 bits per heavy atom. The Labute approximate surface area is 213 Å². The molecule has 0 aromatic heterocycles. The summed E-state index contributed by atoms with van der Waals surface area (Å²) in [5.74, 6) is -0.204. The Kier molecular flexibility index (Phi) is 9.69. The number of rotatable bonds is 9. The molecule has 36 heavy (non-hydrogen) atoms. The van der Waals surface area contributed by atoms with E-state index in [1.165, 1.54) is 37.1 Å². The minimum Gasteiger partial charge on any atom is -0.379 e. The monoisotopic (exact) mass is 500 g/mol. The van der Waals surface area contributed by atoms with Crippen molar-refractivity contribution >= 4 is 17.5 Å². The van der Waals surface area contributed by atoms with E-state index in [0.717, 1.165) is 64.5 Å². The maximum atomic E-state index is 13.9. The number of ether oxygens (including phenoxy) is 1. The average molecular weight is 501 g/mol. The zero-order chi connectivity index (χ0) is 25.3. The summed E-state index contributed by atoms with van der Waals surface area (Å²) in [4.78, 5) is 44.1. The predicted octanol–water partition coefficient (Wildman–Crippen LogP) is 3.86. The molecule has 1 aromatic rings. The molecule has 3 aliphatic rings. The van der Waals surface area contributed by atoms with E-state index in [4.69, 9.17) is 4.74 Å². The van der Waals surface area contributed by atoms with Crippen molar-refractivity contribution in [3.8, 4) is 0 Å². The van der Waals surface area contributed by atoms with Gasteiger partial charge in [-0.1, -0.05) is 38.5 Å². The quantitative estimate of drug-likeness (QED) is 0.377. The number of nitro groups is 1. The number of carbonyl (C=O) groups excluding carboxylic acids is 2. The highest BCUT2D eigenvalue weighted by atomic mass is 16.6. The Hall–Kier alpha value is -2.52. The minimum atomic E-state index is -0.472. The lowest BCUT2D eigenvalue weighted by molar-refractivity contribution is -0.384. The van der Waals surface area contributed by atoms with Gasteiger partial charge in [-0.05, 0) is 37.8 Å². The Bertz CT molecular complexity index is 857. The van der Waals surface area contributed by atoms with Crippen LogP contribution < -0.4 is 0 Å². The summed E-state index contributed by atoms with van der Waals surface area (Å²) in [5.41, 5.74) is 0.320. The van der Waals surface area contributed by atoms with Crippen molar-refractivity contribution in [1.82, 2.24) is 14.7 Å². The lowest BCUT2D eigenvalue weighted by atomic mass is 9.88. The fraction of sp³-hybridized carbons (Fsp3) is 0.704. The molecule has 2 amide bonds. The van der Waals surface area contributed by atoms with Crippen LogP contribution in [0, 0.1) is 10.1 Å². The van der Waals surface area contributed by atoms with Gasteiger partial charge in [-0.2, -0.15) is 0 Å². The first-order valence-corrected chi connectivity index (χ1v) is 13.7. The lowest BCUT2D eigenvalue weighted by Gasteiger charge is -2.42. The number of benzene rings is 1. The van der Waals surface area contributed by atoms with Crippen LogP contribution in [0.5, 0.6) is 0 Å². The van der Waals surface area contributed by atoms with E-state index in [0.29, 0.717) is 31.9 Å². The minimum absolute atomic E-state index is 0.0473. The van der Waals surface area contributed by atoms with Gasteiger partial charge in [0.15, 0.2) is 0 Å². The highest BCUT2D eigenvalue weighted by molar-refractivity contribution is 5.96. The molecule has 2 aliphatic carbocycles. The third-order valence-electron chi connectivity index (χ3n) is 7.95. The highest BCUT2D eigenvalue weighted by Gasteiger charge is 2.34. The molecule has 0 radical (unpaired) electrons. The molecule has 0 N–H and O–H groups in total. The molecular weight excluding hydrogens is 460 g/mol. The fourth-order valence-electron chi connectivity index (χ4n) is 5.92. The van der Waals surface area contributed by atoms with Crippen molar-refractivity contribution < 1.29 is 19.2 Å². The summed E-state index contributed by atoms with van der Waals surface area (Å²) < 4.78 is 5.45. The van der Waals surface area contributed by atoms with Gasteiger partial charge < -0.3 is 14.5 Å². The molecule has 0 unspecified atom stereocenters. The summed E-state index contributed by atoms with van der Waals surface area (Å²) in [6, 6.07) is 6.23. The van der Waals surface area contributed by atoms with Crippen LogP contribution in [0.2, 0.25) is 0 Å². The van der Waals surface area contributed by atoms with Gasteiger partial charge in [0.25, 0.3) is 11.6 Å². The maximum Gasteiger partial charge on any atom is 0.269 e. The zero-order valence-electron chi connectivity index (χ0n) is 21.3. The molecule has 9 nitrogen and oxygen atoms in total. The molecule has 1 aliphatic heterocycles. The molecule has 0 spiro atoms. The van der Waals surface area contributed by atoms with E-state index >= 15 is 0 Å². The van der Waals surface area contributed by atoms with Crippen LogP contribution in [0.4, 0.5) is 5.69 Å². The van der Waals surface area contributed by atoms with Gasteiger partial charge in [0.05, 0.1) is 18.1 Å². The van der Waals surface area contributed by atoms with Crippen LogP contribution in [0.1, 0.15) is 74.6 Å². The van der Waals surface area contributed by atoms with Gasteiger partial charge in [0.1, 0.15) is 6.54 Å². The van der Waals surface area contributed by atoms with Crippen LogP contribution in [0.3, 0.4) is 0 Å². The number of non-ortho nitro benzene ring substituents is 1. The third-order valence-corrected chi connectivity index (χ3v) is 7.95. The molecular formula is C27H40N4O5. The van der Waals surface area contributed by atoms with Crippen molar-refractivity contribution in [3.05, 3.63) is 39.9 Å². The van der Waals surface area contributed by atoms with E-state index in [-0.39, 0.29) is 36.1 Å². The first-order chi connectivity index (χ1) is 17.5. The predicted molar refractivity (Wildman–Crippen MR) is 137 cm³/mol. The summed E-state index contributed by atoms with van der Waals surface area (Å²) in [6.07, 6.45) is 11.3. The number of morpholine rings is 1. The summed E-state index contributed by atoms with van der Waals surface area (Å²) in [6.45, 7) is 4.12. The number of hydrogen-bond acceptors (Lipinski definition) is 6. The molecule has 0 bridgehead atoms. The van der Waals surface area contributed by atoms with Gasteiger partial charge in [-0.25, -0.2) is 0 Å². The normalized spacial score (nSPS) is 20.1. The first-order valence-electron chi connectivity index (χ1n) is 13.7. The van der Waals surface area contributed by atoms with E-state index < -0.39 is 4.92 Å². The van der Waals surface area contributed by atoms with Crippen molar-refractivity contribution in [3.63, 3.8) is 0 Å². The highest BCUT2D eigenvalue weighted by Crippen LogP contribution is 2.30. The van der Waals surface area contributed by atoms with Crippen molar-refractivity contribution in [2.75, 3.05) is 45.9 Å². The molecule has 1 aromatic carbocycles. The molecule has 4 rings (SSSR count). The maximum absolute atomic E-state index is 13.9. The summed E-state index contributed by atoms with van der Waals surface area (Å²) in [7, 11) is 0. The standard InChI is InChI=1S/C27H40N4O5/c32-26(30(23-7-3-1-4-8-23)24-9-5-2-6-10-24)21-29(16-15-28-17-19-36-20-18-28)27(33)22-11-13-25(14-12-22)31(34)35/h11-14,23-24H,1-10,15-21H2. The molecule has 2 saturated carbocycles. The molecule has 3 fully saturated rings. The van der Waals surface area contributed by atoms with E-state index in [2.05, 4.69) is 9.80 Å². The number of hydrogen-bond donors (Lipinski definition) is 0. The van der Waals surface area contributed by atoms with Crippen molar-refractivity contribution in [2.24, 2.45) is 0 Å². The Morgan fingerprint density at radius 2 is 1.47 bits per heavy atom. The van der Waals surface area contributed by atoms with Crippen LogP contribution in [-0.4, -0.2) is 89.5 Å². The molecule has 9 heteroatoms. The van der Waals surface area contributed by atoms with E-state index in [1.807, 2.05) is 0 Å². The summed E-state index contributed by atoms with van der Waals surface area (Å²) in [5, 5.41) is 11.1. The van der Waals surface area contributed by atoms with Gasteiger partial charge in [0, 0.05) is 56.0 Å². The number of carbonyl (C=O) groups is 2. The fourth-order valence-corrected chi connectivity index (χ4v) is 5.92. The van der Waals surface area contributed by atoms with Crippen LogP contribution >= 0.6 is 0 Å². The van der Waals surface area contributed by atoms with Gasteiger partial charge in [-0.3, -0.25) is 24.6 Å². The van der Waals surface area contributed by atoms with Gasteiger partial charge in [0.2, 0.25) is 5.91 Å². The molecule has 0 atom stereocenters. The number of nitro benzene ring substituents is 1. The van der Waals surface area contributed by atoms with E-state index in [9.17, 15) is 19.7 Å². The summed E-state index contributed by atoms with van der Waals surface area (Å²) >= 11 is 0. The van der Waals surface area contributed by atoms with E-state index in [1.54, 1.807) is 4.90 Å². The van der Waals surface area contributed by atoms with Gasteiger partial charge in [-0.15, -0.1) is 0 Å². The molecule has 1 heterocycles. The van der Waals surface area contributed by atoms with Crippen molar-refractivity contribution in [1.29, 1.82) is 0 Å². The number of amides is 2. The van der Waals surface area contributed by atoms with Crippen LogP contribution in [-0.2, 0) is 9.53 Å². The van der Waals surface area contributed by atoms with Crippen LogP contribution in [0.25, 0.3) is 0 Å². The molecule has 198 valence electrons. The smallest absolute Gasteiger partial charge is 0.269 e. The third kappa shape index (κ3) is 7.03. The Morgan fingerprint density at radius 1 is 0.917 bits per heavy atom. The second-order valence-corrected chi connectivity index (χ2v) is 10.4. The lowest BCUT2D eigenvalue weighted by Crippen LogP contribution is -2.53. The SMILES string of the molecule is O=C(c1ccc([N+](=O)[O-])cc1)N(CCN1CCOCC1)CC(=O)N(C1CCCCC1)C1CCCCC1.